The molecule has 0 aliphatic heterocycles. The van der Waals surface area contributed by atoms with Gasteiger partial charge in [-0.25, -0.2) is 0 Å². The van der Waals surface area contributed by atoms with E-state index in [2.05, 4.69) is 33.5 Å². The third kappa shape index (κ3) is 5.75. The topological polar surface area (TPSA) is 64.9 Å². The van der Waals surface area contributed by atoms with Gasteiger partial charge in [-0.2, -0.15) is 5.26 Å². The lowest BCUT2D eigenvalue weighted by atomic mass is 10.1. The number of anilines is 2. The minimum Gasteiger partial charge on any atom is -0.359 e. The van der Waals surface area contributed by atoms with Gasteiger partial charge < -0.3 is 10.6 Å². The summed E-state index contributed by atoms with van der Waals surface area (Å²) in [6.07, 6.45) is 4.75. The molecule has 26 heavy (non-hydrogen) atoms. The third-order valence-electron chi connectivity index (χ3n) is 3.89. The van der Waals surface area contributed by atoms with Crippen molar-refractivity contribution in [2.24, 2.45) is 0 Å². The minimum atomic E-state index is -0.440. The average Bonchev–Trinajstić information content (AvgIpc) is 2.63. The van der Waals surface area contributed by atoms with Gasteiger partial charge in [0.25, 0.3) is 5.91 Å². The summed E-state index contributed by atoms with van der Waals surface area (Å²) in [5, 5.41) is 15.0. The molecule has 0 bridgehead atoms. The summed E-state index contributed by atoms with van der Waals surface area (Å²) in [6, 6.07) is 15.5. The van der Waals surface area contributed by atoms with Crippen molar-refractivity contribution in [2.75, 3.05) is 10.6 Å². The fraction of sp³-hybridized carbons (Fsp3) is 0.238. The number of hydrogen-bond donors (Lipinski definition) is 2. The second-order valence-corrected chi connectivity index (χ2v) is 6.91. The number of hydrogen-bond acceptors (Lipinski definition) is 3. The molecule has 2 aromatic rings. The van der Waals surface area contributed by atoms with Crippen LogP contribution in [0.4, 0.5) is 11.4 Å². The standard InChI is InChI=1S/C21H22BrN3O/c1-3-4-5-16-7-9-18(10-8-16)25-21(26)17(13-23)14-24-20-11-6-15(2)12-19(20)22/h6-12,14,24H,3-5H2,1-2H3,(H,25,26)/b17-14-. The van der Waals surface area contributed by atoms with Gasteiger partial charge in [-0.3, -0.25) is 4.79 Å². The molecule has 5 heteroatoms. The zero-order valence-electron chi connectivity index (χ0n) is 15.0. The highest BCUT2D eigenvalue weighted by atomic mass is 79.9. The van der Waals surface area contributed by atoms with Crippen LogP contribution in [-0.2, 0) is 11.2 Å². The molecule has 2 aromatic carbocycles. The molecular formula is C21H22BrN3O. The Morgan fingerprint density at radius 3 is 2.58 bits per heavy atom. The summed E-state index contributed by atoms with van der Waals surface area (Å²) in [6.45, 7) is 4.15. The van der Waals surface area contributed by atoms with Gasteiger partial charge in [-0.1, -0.05) is 31.5 Å². The molecule has 0 aliphatic carbocycles. The first-order valence-electron chi connectivity index (χ1n) is 8.56. The molecule has 0 aliphatic rings. The predicted octanol–water partition coefficient (Wildman–Crippen LogP) is 5.56. The van der Waals surface area contributed by atoms with Crippen LogP contribution >= 0.6 is 15.9 Å². The lowest BCUT2D eigenvalue weighted by molar-refractivity contribution is -0.112. The van der Waals surface area contributed by atoms with Gasteiger partial charge >= 0.3 is 0 Å². The van der Waals surface area contributed by atoms with Crippen LogP contribution in [0.25, 0.3) is 0 Å². The van der Waals surface area contributed by atoms with E-state index in [1.807, 2.05) is 55.5 Å². The van der Waals surface area contributed by atoms with Crippen molar-refractivity contribution in [3.63, 3.8) is 0 Å². The normalized spacial score (nSPS) is 10.9. The number of carbonyl (C=O) groups is 1. The van der Waals surface area contributed by atoms with E-state index < -0.39 is 5.91 Å². The molecule has 0 spiro atoms. The first-order valence-corrected chi connectivity index (χ1v) is 9.36. The van der Waals surface area contributed by atoms with Crippen LogP contribution < -0.4 is 10.6 Å². The second kappa shape index (κ2) is 9.79. The van der Waals surface area contributed by atoms with Crippen molar-refractivity contribution in [1.29, 1.82) is 5.26 Å². The first kappa shape index (κ1) is 19.7. The van der Waals surface area contributed by atoms with Crippen LogP contribution in [0.5, 0.6) is 0 Å². The number of halogens is 1. The molecule has 2 N–H and O–H groups in total. The van der Waals surface area contributed by atoms with Crippen LogP contribution in [0.1, 0.15) is 30.9 Å². The van der Waals surface area contributed by atoms with E-state index in [4.69, 9.17) is 0 Å². The molecule has 134 valence electrons. The number of amides is 1. The Morgan fingerprint density at radius 1 is 1.23 bits per heavy atom. The molecule has 0 heterocycles. The number of aryl methyl sites for hydroxylation is 2. The molecule has 0 unspecified atom stereocenters. The van der Waals surface area contributed by atoms with Crippen LogP contribution in [-0.4, -0.2) is 5.91 Å². The number of nitrogens with one attached hydrogen (secondary N) is 2. The van der Waals surface area contributed by atoms with Gasteiger partial charge in [-0.05, 0) is 71.1 Å². The zero-order chi connectivity index (χ0) is 18.9. The Hall–Kier alpha value is -2.58. The molecular weight excluding hydrogens is 390 g/mol. The van der Waals surface area contributed by atoms with Crippen molar-refractivity contribution in [3.05, 3.63) is 69.8 Å². The van der Waals surface area contributed by atoms with Crippen molar-refractivity contribution in [3.8, 4) is 6.07 Å². The van der Waals surface area contributed by atoms with E-state index in [0.717, 1.165) is 35.0 Å². The van der Waals surface area contributed by atoms with E-state index in [9.17, 15) is 10.1 Å². The van der Waals surface area contributed by atoms with Gasteiger partial charge in [0.15, 0.2) is 0 Å². The van der Waals surface area contributed by atoms with Crippen LogP contribution in [0.15, 0.2) is 58.7 Å². The van der Waals surface area contributed by atoms with E-state index in [1.54, 1.807) is 0 Å². The van der Waals surface area contributed by atoms with E-state index in [-0.39, 0.29) is 5.57 Å². The van der Waals surface area contributed by atoms with E-state index >= 15 is 0 Å². The Kier molecular flexibility index (Phi) is 7.43. The molecule has 0 atom stereocenters. The van der Waals surface area contributed by atoms with Crippen LogP contribution in [0.3, 0.4) is 0 Å². The maximum Gasteiger partial charge on any atom is 0.267 e. The smallest absolute Gasteiger partial charge is 0.267 e. The Bertz CT molecular complexity index is 835. The minimum absolute atomic E-state index is 0.00698. The summed E-state index contributed by atoms with van der Waals surface area (Å²) < 4.78 is 0.870. The number of rotatable bonds is 7. The van der Waals surface area contributed by atoms with Gasteiger partial charge in [0, 0.05) is 16.4 Å². The Balaban J connectivity index is 2.02. The summed E-state index contributed by atoms with van der Waals surface area (Å²) >= 11 is 3.46. The molecule has 0 aromatic heterocycles. The highest BCUT2D eigenvalue weighted by Gasteiger charge is 2.10. The zero-order valence-corrected chi connectivity index (χ0v) is 16.6. The van der Waals surface area contributed by atoms with Gasteiger partial charge in [0.2, 0.25) is 0 Å². The van der Waals surface area contributed by atoms with Crippen molar-refractivity contribution in [1.82, 2.24) is 0 Å². The number of nitrogens with zero attached hydrogens (tertiary/aromatic N) is 1. The predicted molar refractivity (Wildman–Crippen MR) is 110 cm³/mol. The molecule has 1 amide bonds. The summed E-state index contributed by atoms with van der Waals surface area (Å²) in [4.78, 5) is 12.3. The molecule has 0 fully saturated rings. The number of nitriles is 1. The summed E-state index contributed by atoms with van der Waals surface area (Å²) in [5.41, 5.74) is 3.83. The monoisotopic (exact) mass is 411 g/mol. The lowest BCUT2D eigenvalue weighted by Gasteiger charge is -2.08. The number of unbranched alkanes of at least 4 members (excludes halogenated alkanes) is 1. The third-order valence-corrected chi connectivity index (χ3v) is 4.55. The maximum atomic E-state index is 12.3. The lowest BCUT2D eigenvalue weighted by Crippen LogP contribution is -2.14. The first-order chi connectivity index (χ1) is 12.5. The number of benzene rings is 2. The second-order valence-electron chi connectivity index (χ2n) is 6.05. The Labute approximate surface area is 163 Å². The summed E-state index contributed by atoms with van der Waals surface area (Å²) in [7, 11) is 0. The summed E-state index contributed by atoms with van der Waals surface area (Å²) in [5.74, 6) is -0.440. The van der Waals surface area contributed by atoms with Crippen molar-refractivity contribution in [2.45, 2.75) is 33.1 Å². The SMILES string of the molecule is CCCCc1ccc(NC(=O)/C(C#N)=C\Nc2ccc(C)cc2Br)cc1. The highest BCUT2D eigenvalue weighted by molar-refractivity contribution is 9.10. The van der Waals surface area contributed by atoms with Gasteiger partial charge in [0.05, 0.1) is 5.69 Å². The fourth-order valence-corrected chi connectivity index (χ4v) is 2.98. The Morgan fingerprint density at radius 2 is 1.96 bits per heavy atom. The molecule has 0 saturated heterocycles. The quantitative estimate of drug-likeness (QED) is 0.462. The van der Waals surface area contributed by atoms with Gasteiger partial charge in [-0.15, -0.1) is 0 Å². The fourth-order valence-electron chi connectivity index (χ4n) is 2.37. The van der Waals surface area contributed by atoms with E-state index in [0.29, 0.717) is 5.69 Å². The molecule has 0 radical (unpaired) electrons. The van der Waals surface area contributed by atoms with Crippen molar-refractivity contribution < 1.29 is 4.79 Å². The van der Waals surface area contributed by atoms with E-state index in [1.165, 1.54) is 11.8 Å². The average molecular weight is 412 g/mol. The van der Waals surface area contributed by atoms with Crippen LogP contribution in [0, 0.1) is 18.3 Å². The molecule has 0 saturated carbocycles. The van der Waals surface area contributed by atoms with Crippen LogP contribution in [0.2, 0.25) is 0 Å². The highest BCUT2D eigenvalue weighted by Crippen LogP contribution is 2.23. The number of carbonyl (C=O) groups excluding carboxylic acids is 1. The largest absolute Gasteiger partial charge is 0.359 e. The maximum absolute atomic E-state index is 12.3. The van der Waals surface area contributed by atoms with Crippen molar-refractivity contribution >= 4 is 33.2 Å². The molecule has 2 rings (SSSR count). The molecule has 4 nitrogen and oxygen atoms in total. The van der Waals surface area contributed by atoms with Gasteiger partial charge in [0.1, 0.15) is 11.6 Å².